The quantitative estimate of drug-likeness (QED) is 0.792. The zero-order valence-corrected chi connectivity index (χ0v) is 10.7. The van der Waals surface area contributed by atoms with Crippen molar-refractivity contribution in [3.8, 4) is 0 Å². The second-order valence-electron chi connectivity index (χ2n) is 4.47. The highest BCUT2D eigenvalue weighted by molar-refractivity contribution is 7.09. The average Bonchev–Trinajstić information content (AvgIpc) is 2.64. The van der Waals surface area contributed by atoms with Gasteiger partial charge in [0.1, 0.15) is 0 Å². The summed E-state index contributed by atoms with van der Waals surface area (Å²) < 4.78 is 0. The van der Waals surface area contributed by atoms with Gasteiger partial charge in [0.25, 0.3) is 0 Å². The van der Waals surface area contributed by atoms with E-state index in [1.165, 1.54) is 6.42 Å². The summed E-state index contributed by atoms with van der Waals surface area (Å²) in [7, 11) is 0. The first-order chi connectivity index (χ1) is 7.66. The van der Waals surface area contributed by atoms with Gasteiger partial charge in [0.2, 0.25) is 5.91 Å². The van der Waals surface area contributed by atoms with Crippen LogP contribution in [0.1, 0.15) is 36.9 Å². The van der Waals surface area contributed by atoms with E-state index in [2.05, 4.69) is 11.9 Å². The van der Waals surface area contributed by atoms with Crippen LogP contribution in [0, 0.1) is 6.92 Å². The van der Waals surface area contributed by atoms with E-state index >= 15 is 0 Å². The maximum atomic E-state index is 12.1. The number of carbonyl (C=O) groups is 1. The van der Waals surface area contributed by atoms with Crippen LogP contribution in [0.15, 0.2) is 5.38 Å². The molecule has 0 aromatic carbocycles. The Kier molecular flexibility index (Phi) is 3.59. The van der Waals surface area contributed by atoms with Crippen LogP contribution in [0.2, 0.25) is 0 Å². The van der Waals surface area contributed by atoms with Crippen molar-refractivity contribution in [1.29, 1.82) is 0 Å². The van der Waals surface area contributed by atoms with Crippen molar-refractivity contribution in [1.82, 2.24) is 9.88 Å². The monoisotopic (exact) mass is 238 g/mol. The van der Waals surface area contributed by atoms with E-state index < -0.39 is 0 Å². The van der Waals surface area contributed by atoms with Crippen molar-refractivity contribution in [3.05, 3.63) is 16.1 Å². The third kappa shape index (κ3) is 2.61. The fourth-order valence-electron chi connectivity index (χ4n) is 2.21. The first-order valence-corrected chi connectivity index (χ1v) is 6.75. The second-order valence-corrected chi connectivity index (χ2v) is 5.53. The number of piperidine rings is 1. The van der Waals surface area contributed by atoms with Crippen LogP contribution in [-0.4, -0.2) is 28.4 Å². The van der Waals surface area contributed by atoms with Crippen molar-refractivity contribution in [2.24, 2.45) is 0 Å². The maximum Gasteiger partial charge on any atom is 0.228 e. The Morgan fingerprint density at radius 3 is 3.06 bits per heavy atom. The van der Waals surface area contributed by atoms with Gasteiger partial charge in [-0.2, -0.15) is 0 Å². The van der Waals surface area contributed by atoms with Crippen LogP contribution in [0.3, 0.4) is 0 Å². The van der Waals surface area contributed by atoms with Gasteiger partial charge in [0.15, 0.2) is 0 Å². The summed E-state index contributed by atoms with van der Waals surface area (Å²) >= 11 is 1.61. The number of hydrogen-bond acceptors (Lipinski definition) is 3. The molecule has 1 saturated heterocycles. The third-order valence-corrected chi connectivity index (χ3v) is 3.94. The molecule has 0 aliphatic carbocycles. The third-order valence-electron chi connectivity index (χ3n) is 3.12. The highest BCUT2D eigenvalue weighted by atomic mass is 32.1. The molecular formula is C12H18N2OS. The summed E-state index contributed by atoms with van der Waals surface area (Å²) in [6.45, 7) is 5.04. The van der Waals surface area contributed by atoms with Gasteiger partial charge in [-0.05, 0) is 33.1 Å². The molecule has 2 heterocycles. The summed E-state index contributed by atoms with van der Waals surface area (Å²) in [5, 5.41) is 3.02. The summed E-state index contributed by atoms with van der Waals surface area (Å²) in [6, 6.07) is 0.404. The molecule has 4 heteroatoms. The van der Waals surface area contributed by atoms with Crippen LogP contribution in [-0.2, 0) is 11.2 Å². The van der Waals surface area contributed by atoms with Gasteiger partial charge in [-0.1, -0.05) is 0 Å². The molecule has 2 rings (SSSR count). The number of likely N-dealkylation sites (tertiary alicyclic amines) is 1. The molecule has 0 radical (unpaired) electrons. The van der Waals surface area contributed by atoms with Crippen LogP contribution in [0.4, 0.5) is 0 Å². The summed E-state index contributed by atoms with van der Waals surface area (Å²) in [5.74, 6) is 0.234. The predicted octanol–water partition coefficient (Wildman–Crippen LogP) is 2.40. The molecule has 1 aliphatic heterocycles. The molecule has 0 N–H and O–H groups in total. The number of thiazole rings is 1. The Hall–Kier alpha value is -0.900. The number of amides is 1. The van der Waals surface area contributed by atoms with Gasteiger partial charge in [-0.3, -0.25) is 4.79 Å². The van der Waals surface area contributed by atoms with Crippen molar-refractivity contribution in [2.45, 2.75) is 45.6 Å². The SMILES string of the molecule is Cc1nc(CC(=O)N2CCCCC2C)cs1. The van der Waals surface area contributed by atoms with Gasteiger partial charge < -0.3 is 4.90 Å². The molecule has 1 aromatic heterocycles. The zero-order valence-electron chi connectivity index (χ0n) is 9.90. The first-order valence-electron chi connectivity index (χ1n) is 5.87. The topological polar surface area (TPSA) is 33.2 Å². The molecule has 16 heavy (non-hydrogen) atoms. The van der Waals surface area contributed by atoms with E-state index in [1.54, 1.807) is 11.3 Å². The Morgan fingerprint density at radius 1 is 1.62 bits per heavy atom. The Bertz CT molecular complexity index is 375. The van der Waals surface area contributed by atoms with Crippen molar-refractivity contribution >= 4 is 17.2 Å². The zero-order chi connectivity index (χ0) is 11.5. The molecule has 1 unspecified atom stereocenters. The highest BCUT2D eigenvalue weighted by Crippen LogP contribution is 2.18. The number of aromatic nitrogens is 1. The molecule has 1 aliphatic rings. The smallest absolute Gasteiger partial charge is 0.228 e. The van der Waals surface area contributed by atoms with E-state index in [0.29, 0.717) is 12.5 Å². The first kappa shape index (κ1) is 11.6. The van der Waals surface area contributed by atoms with Gasteiger partial charge in [-0.25, -0.2) is 4.98 Å². The van der Waals surface area contributed by atoms with E-state index in [1.807, 2.05) is 17.2 Å². The fraction of sp³-hybridized carbons (Fsp3) is 0.667. The molecule has 0 spiro atoms. The van der Waals surface area contributed by atoms with E-state index in [4.69, 9.17) is 0 Å². The van der Waals surface area contributed by atoms with Crippen molar-refractivity contribution < 1.29 is 4.79 Å². The molecule has 3 nitrogen and oxygen atoms in total. The number of hydrogen-bond donors (Lipinski definition) is 0. The summed E-state index contributed by atoms with van der Waals surface area (Å²) in [5.41, 5.74) is 0.922. The largest absolute Gasteiger partial charge is 0.340 e. The summed E-state index contributed by atoms with van der Waals surface area (Å²) in [6.07, 6.45) is 4.00. The number of nitrogens with zero attached hydrogens (tertiary/aromatic N) is 2. The standard InChI is InChI=1S/C12H18N2OS/c1-9-5-3-4-6-14(9)12(15)7-11-8-16-10(2)13-11/h8-9H,3-7H2,1-2H3. The Labute approximate surface area is 100 Å². The van der Waals surface area contributed by atoms with E-state index in [9.17, 15) is 4.79 Å². The molecular weight excluding hydrogens is 220 g/mol. The highest BCUT2D eigenvalue weighted by Gasteiger charge is 2.23. The molecule has 1 amide bonds. The Balaban J connectivity index is 1.96. The lowest BCUT2D eigenvalue weighted by Gasteiger charge is -2.33. The second kappa shape index (κ2) is 4.95. The molecule has 1 aromatic rings. The van der Waals surface area contributed by atoms with E-state index in [-0.39, 0.29) is 5.91 Å². The minimum absolute atomic E-state index is 0.234. The average molecular weight is 238 g/mol. The molecule has 1 fully saturated rings. The lowest BCUT2D eigenvalue weighted by Crippen LogP contribution is -2.42. The maximum absolute atomic E-state index is 12.1. The van der Waals surface area contributed by atoms with Crippen molar-refractivity contribution in [2.75, 3.05) is 6.54 Å². The van der Waals surface area contributed by atoms with Crippen molar-refractivity contribution in [3.63, 3.8) is 0 Å². The molecule has 0 saturated carbocycles. The van der Waals surface area contributed by atoms with Gasteiger partial charge in [0.05, 0.1) is 17.1 Å². The van der Waals surface area contributed by atoms with E-state index in [0.717, 1.165) is 30.1 Å². The number of carbonyl (C=O) groups excluding carboxylic acids is 1. The minimum atomic E-state index is 0.234. The molecule has 0 bridgehead atoms. The molecule has 1 atom stereocenters. The minimum Gasteiger partial charge on any atom is -0.340 e. The molecule has 88 valence electrons. The Morgan fingerprint density at radius 2 is 2.44 bits per heavy atom. The predicted molar refractivity (Wildman–Crippen MR) is 65.6 cm³/mol. The van der Waals surface area contributed by atoms with Crippen LogP contribution in [0.5, 0.6) is 0 Å². The van der Waals surface area contributed by atoms with Crippen LogP contribution in [0.25, 0.3) is 0 Å². The van der Waals surface area contributed by atoms with Gasteiger partial charge >= 0.3 is 0 Å². The van der Waals surface area contributed by atoms with Gasteiger partial charge in [-0.15, -0.1) is 11.3 Å². The normalized spacial score (nSPS) is 21.1. The lowest BCUT2D eigenvalue weighted by atomic mass is 10.0. The summed E-state index contributed by atoms with van der Waals surface area (Å²) in [4.78, 5) is 18.4. The van der Waals surface area contributed by atoms with Gasteiger partial charge in [0, 0.05) is 18.0 Å². The number of aryl methyl sites for hydroxylation is 1. The van der Waals surface area contributed by atoms with Crippen LogP contribution < -0.4 is 0 Å². The number of rotatable bonds is 2. The fourth-order valence-corrected chi connectivity index (χ4v) is 2.83. The van der Waals surface area contributed by atoms with Crippen LogP contribution >= 0.6 is 11.3 Å². The lowest BCUT2D eigenvalue weighted by molar-refractivity contribution is -0.133.